The largest absolute Gasteiger partial charge is 0.486 e. The van der Waals surface area contributed by atoms with Crippen molar-refractivity contribution in [2.45, 2.75) is 135 Å². The minimum atomic E-state index is -1.35. The van der Waals surface area contributed by atoms with Crippen molar-refractivity contribution in [1.82, 2.24) is 15.0 Å². The molecule has 9 rings (SSSR count). The van der Waals surface area contributed by atoms with E-state index in [0.717, 1.165) is 68.0 Å². The molecule has 3 fully saturated rings. The van der Waals surface area contributed by atoms with Crippen molar-refractivity contribution in [3.8, 4) is 22.5 Å². The van der Waals surface area contributed by atoms with Crippen LogP contribution < -0.4 is 5.19 Å². The van der Waals surface area contributed by atoms with Crippen molar-refractivity contribution < 1.29 is 24.5 Å². The maximum absolute atomic E-state index is 6.43. The van der Waals surface area contributed by atoms with E-state index in [1.165, 1.54) is 89.0 Å². The Kier molecular flexibility index (Phi) is 13.0. The topological polar surface area (TPSA) is 51.8 Å². The number of rotatable bonds is 9. The fourth-order valence-electron chi connectivity index (χ4n) is 10.2. The quantitative estimate of drug-likeness (QED) is 0.107. The second-order valence-electron chi connectivity index (χ2n) is 18.9. The van der Waals surface area contributed by atoms with Gasteiger partial charge in [-0.15, -0.1) is 54.1 Å². The smallest absolute Gasteiger partial charge is 0.216 e. The van der Waals surface area contributed by atoms with Crippen molar-refractivity contribution in [2.75, 3.05) is 0 Å². The molecule has 0 bridgehead atoms. The maximum Gasteiger partial charge on any atom is 0.216 e. The molecule has 2 aromatic carbocycles. The van der Waals surface area contributed by atoms with Crippen LogP contribution in [-0.2, 0) is 31.9 Å². The fourth-order valence-corrected chi connectivity index (χ4v) is 11.8. The molecule has 0 saturated heterocycles. The normalized spacial score (nSPS) is 17.5. The molecule has 1 unspecified atom stereocenters. The molecular formula is C51H61IrN3OSi-2. The van der Waals surface area contributed by atoms with Gasteiger partial charge >= 0.3 is 0 Å². The molecule has 1 atom stereocenters. The van der Waals surface area contributed by atoms with Crippen molar-refractivity contribution in [3.63, 3.8) is 0 Å². The Hall–Kier alpha value is -3.44. The summed E-state index contributed by atoms with van der Waals surface area (Å²) in [5, 5.41) is 3.72. The summed E-state index contributed by atoms with van der Waals surface area (Å²) in [5.74, 6) is 2.83. The Morgan fingerprint density at radius 1 is 0.789 bits per heavy atom. The summed E-state index contributed by atoms with van der Waals surface area (Å²) in [7, 11) is -1.35. The van der Waals surface area contributed by atoms with E-state index in [0.29, 0.717) is 5.92 Å². The molecule has 57 heavy (non-hydrogen) atoms. The third-order valence-corrected chi connectivity index (χ3v) is 15.9. The van der Waals surface area contributed by atoms with Gasteiger partial charge in [0.1, 0.15) is 0 Å². The van der Waals surface area contributed by atoms with Gasteiger partial charge in [-0.05, 0) is 95.6 Å². The standard InChI is InChI=1S/C31H35N2O.C20H26NSi.Ir/c1-20(21-9-4-5-10-21)27-16-15-25-24-13-8-14-26(29(24)34-30(25)33-27)28-19-23(17-18-32-28)31(2,3)22-11-6-7-12-22;1-22(2,3)20-15-21-19(17-11-5-4-6-12-17)14-18(20)13-16-9-7-8-10-16;/h8,13,15-22H,4-7,9-12H2,1-3H3;4-6,11,14-16H,7-10,13H2,1-3H3;/q2*-1;. The summed E-state index contributed by atoms with van der Waals surface area (Å²) in [6.45, 7) is 14.4. The first-order valence-electron chi connectivity index (χ1n) is 21.7. The minimum absolute atomic E-state index is 0. The van der Waals surface area contributed by atoms with E-state index in [-0.39, 0.29) is 25.5 Å². The summed E-state index contributed by atoms with van der Waals surface area (Å²) >= 11 is 0. The first kappa shape index (κ1) is 41.7. The molecule has 6 aromatic rings. The number of hydrogen-bond acceptors (Lipinski definition) is 4. The average molecular weight is 952 g/mol. The zero-order valence-electron chi connectivity index (χ0n) is 35.1. The predicted octanol–water partition coefficient (Wildman–Crippen LogP) is 13.4. The number of pyridine rings is 3. The number of fused-ring (bicyclic) bond motifs is 3. The van der Waals surface area contributed by atoms with Crippen LogP contribution in [0.3, 0.4) is 0 Å². The molecule has 1 radical (unpaired) electrons. The fraction of sp³-hybridized carbons (Fsp3) is 0.471. The third kappa shape index (κ3) is 9.09. The molecule has 0 spiro atoms. The average Bonchev–Trinajstić information content (AvgIpc) is 4.06. The Morgan fingerprint density at radius 2 is 1.53 bits per heavy atom. The number of benzene rings is 2. The number of nitrogens with zero attached hydrogens (tertiary/aromatic N) is 3. The molecule has 301 valence electrons. The monoisotopic (exact) mass is 952 g/mol. The Morgan fingerprint density at radius 3 is 2.25 bits per heavy atom. The second kappa shape index (κ2) is 17.8. The zero-order valence-corrected chi connectivity index (χ0v) is 38.5. The molecule has 4 heterocycles. The van der Waals surface area contributed by atoms with E-state index in [4.69, 9.17) is 19.4 Å². The van der Waals surface area contributed by atoms with Gasteiger partial charge in [-0.25, -0.2) is 4.98 Å². The van der Waals surface area contributed by atoms with E-state index in [1.807, 2.05) is 24.4 Å². The molecule has 0 amide bonds. The Labute approximate surface area is 356 Å². The van der Waals surface area contributed by atoms with Crippen LogP contribution in [0, 0.1) is 29.9 Å². The first-order valence-corrected chi connectivity index (χ1v) is 25.2. The van der Waals surface area contributed by atoms with Crippen molar-refractivity contribution in [2.24, 2.45) is 17.8 Å². The molecule has 6 heteroatoms. The van der Waals surface area contributed by atoms with Gasteiger partial charge in [0.15, 0.2) is 0 Å². The molecular weight excluding hydrogens is 891 g/mol. The summed E-state index contributed by atoms with van der Waals surface area (Å²) in [6.07, 6.45) is 21.7. The van der Waals surface area contributed by atoms with Crippen LogP contribution in [0.15, 0.2) is 83.5 Å². The molecule has 4 aromatic heterocycles. The van der Waals surface area contributed by atoms with Crippen LogP contribution in [0.4, 0.5) is 0 Å². The molecule has 0 N–H and O–H groups in total. The van der Waals surface area contributed by atoms with Gasteiger partial charge in [0, 0.05) is 49.5 Å². The molecule has 3 aliphatic rings. The van der Waals surface area contributed by atoms with Crippen LogP contribution >= 0.6 is 0 Å². The van der Waals surface area contributed by atoms with Gasteiger partial charge in [0.25, 0.3) is 0 Å². The van der Waals surface area contributed by atoms with E-state index >= 15 is 0 Å². The van der Waals surface area contributed by atoms with Gasteiger partial charge in [-0.2, -0.15) is 0 Å². The van der Waals surface area contributed by atoms with Gasteiger partial charge < -0.3 is 14.4 Å². The van der Waals surface area contributed by atoms with E-state index in [9.17, 15) is 0 Å². The van der Waals surface area contributed by atoms with Crippen LogP contribution in [0.5, 0.6) is 0 Å². The van der Waals surface area contributed by atoms with Crippen molar-refractivity contribution >= 4 is 35.3 Å². The summed E-state index contributed by atoms with van der Waals surface area (Å²) < 4.78 is 6.43. The zero-order chi connectivity index (χ0) is 38.9. The van der Waals surface area contributed by atoms with Gasteiger partial charge in [-0.3, -0.25) is 0 Å². The van der Waals surface area contributed by atoms with Gasteiger partial charge in [0.2, 0.25) is 5.71 Å². The van der Waals surface area contributed by atoms with Gasteiger partial charge in [-0.1, -0.05) is 120 Å². The Bertz CT molecular complexity index is 2260. The second-order valence-corrected chi connectivity index (χ2v) is 23.9. The molecule has 0 aliphatic heterocycles. The number of hydrogen-bond donors (Lipinski definition) is 0. The van der Waals surface area contributed by atoms with Crippen LogP contribution in [0.2, 0.25) is 19.6 Å². The third-order valence-electron chi connectivity index (χ3n) is 13.8. The Balaban J connectivity index is 0.000000188. The van der Waals surface area contributed by atoms with E-state index in [1.54, 1.807) is 10.8 Å². The van der Waals surface area contributed by atoms with Crippen LogP contribution in [-0.4, -0.2) is 23.0 Å². The minimum Gasteiger partial charge on any atom is -0.486 e. The van der Waals surface area contributed by atoms with Crippen molar-refractivity contribution in [1.29, 1.82) is 0 Å². The van der Waals surface area contributed by atoms with Crippen LogP contribution in [0.25, 0.3) is 44.6 Å². The van der Waals surface area contributed by atoms with Crippen LogP contribution in [0.1, 0.15) is 121 Å². The summed E-state index contributed by atoms with van der Waals surface area (Å²) in [6, 6.07) is 30.2. The summed E-state index contributed by atoms with van der Waals surface area (Å²) in [4.78, 5) is 14.5. The van der Waals surface area contributed by atoms with E-state index < -0.39 is 8.07 Å². The van der Waals surface area contributed by atoms with E-state index in [2.05, 4.69) is 107 Å². The number of furan rings is 1. The SMILES string of the molecule is CC(c1ccc2c(n1)oc1c(-c3cc(C(C)(C)C4CCCC4)ccn3)[c-]ccc12)C1CCCC1.C[Si](C)(C)c1cnc(-c2[c-]cccc2)cc1CC1CCCC1.[Ir]. The maximum atomic E-state index is 6.43. The predicted molar refractivity (Wildman–Crippen MR) is 236 cm³/mol. The molecule has 3 saturated carbocycles. The molecule has 3 aliphatic carbocycles. The number of aromatic nitrogens is 3. The summed E-state index contributed by atoms with van der Waals surface area (Å²) in [5.41, 5.74) is 9.85. The van der Waals surface area contributed by atoms with Crippen molar-refractivity contribution in [3.05, 3.63) is 108 Å². The van der Waals surface area contributed by atoms with Gasteiger partial charge in [0.05, 0.1) is 13.7 Å². The first-order chi connectivity index (χ1) is 27.1. The molecule has 4 nitrogen and oxygen atoms in total.